The maximum Gasteiger partial charge on any atom is 0.411 e. The Hall–Kier alpha value is -2.36. The number of nitrogens with two attached hydrogens (primary N) is 1. The Bertz CT molecular complexity index is 599. The van der Waals surface area contributed by atoms with E-state index >= 15 is 0 Å². The first kappa shape index (κ1) is 15.0. The minimum Gasteiger partial charge on any atom is -0.338 e. The molecule has 2 rings (SSSR count). The normalized spacial score (nSPS) is 16.2. The number of nitrogens with zero attached hydrogens (tertiary/aromatic N) is 1. The van der Waals surface area contributed by atoms with Gasteiger partial charge in [-0.2, -0.15) is 13.2 Å². The van der Waals surface area contributed by atoms with Crippen molar-refractivity contribution < 1.29 is 22.9 Å². The fourth-order valence-electron chi connectivity index (χ4n) is 1.93. The third kappa shape index (κ3) is 2.61. The maximum absolute atomic E-state index is 12.8. The number of rotatable bonds is 4. The number of nitrogens with one attached hydrogen (secondary N) is 2. The van der Waals surface area contributed by atoms with Gasteiger partial charge in [-0.25, -0.2) is 0 Å². The van der Waals surface area contributed by atoms with E-state index in [1.807, 2.05) is 10.7 Å². The summed E-state index contributed by atoms with van der Waals surface area (Å²) in [5.41, 5.74) is -1.56. The van der Waals surface area contributed by atoms with Crippen molar-refractivity contribution in [2.24, 2.45) is 5.84 Å². The molecule has 21 heavy (non-hydrogen) atoms. The van der Waals surface area contributed by atoms with Crippen LogP contribution >= 0.6 is 0 Å². The van der Waals surface area contributed by atoms with Gasteiger partial charge in [0.2, 0.25) is 0 Å². The zero-order chi connectivity index (χ0) is 15.8. The van der Waals surface area contributed by atoms with Crippen molar-refractivity contribution in [3.8, 4) is 0 Å². The second kappa shape index (κ2) is 4.88. The first-order chi connectivity index (χ1) is 9.72. The van der Waals surface area contributed by atoms with Crippen LogP contribution in [0.4, 0.5) is 24.5 Å². The SMILES string of the molecule is NNc1cccc(C(=O)NC2(C(F)(F)F)CC2)c1[N+](=O)[O-]. The Morgan fingerprint density at radius 2 is 2.00 bits per heavy atom. The van der Waals surface area contributed by atoms with E-state index in [2.05, 4.69) is 0 Å². The van der Waals surface area contributed by atoms with Crippen LogP contribution < -0.4 is 16.6 Å². The Morgan fingerprint density at radius 3 is 2.43 bits per heavy atom. The van der Waals surface area contributed by atoms with Gasteiger partial charge in [-0.15, -0.1) is 0 Å². The van der Waals surface area contributed by atoms with Crippen LogP contribution in [-0.2, 0) is 0 Å². The molecule has 0 saturated heterocycles. The molecular weight excluding hydrogens is 293 g/mol. The summed E-state index contributed by atoms with van der Waals surface area (Å²) in [6, 6.07) is 3.59. The van der Waals surface area contributed by atoms with Crippen LogP contribution in [0.1, 0.15) is 23.2 Å². The molecule has 1 saturated carbocycles. The minimum absolute atomic E-state index is 0.162. The van der Waals surface area contributed by atoms with Crippen LogP contribution in [0.5, 0.6) is 0 Å². The molecule has 1 aromatic rings. The van der Waals surface area contributed by atoms with E-state index in [0.717, 1.165) is 6.07 Å². The van der Waals surface area contributed by atoms with Crippen molar-refractivity contribution >= 4 is 17.3 Å². The first-order valence-corrected chi connectivity index (χ1v) is 5.85. The van der Waals surface area contributed by atoms with Crippen molar-refractivity contribution in [2.45, 2.75) is 24.6 Å². The quantitative estimate of drug-likeness (QED) is 0.445. The number of hydrazine groups is 1. The van der Waals surface area contributed by atoms with Gasteiger partial charge in [-0.1, -0.05) is 6.07 Å². The summed E-state index contributed by atoms with van der Waals surface area (Å²) in [5, 5.41) is 12.8. The van der Waals surface area contributed by atoms with Gasteiger partial charge in [0, 0.05) is 0 Å². The number of halogens is 3. The van der Waals surface area contributed by atoms with Crippen molar-refractivity contribution in [1.82, 2.24) is 5.32 Å². The second-order valence-corrected chi connectivity index (χ2v) is 4.64. The highest BCUT2D eigenvalue weighted by atomic mass is 19.4. The van der Waals surface area contributed by atoms with Crippen molar-refractivity contribution in [2.75, 3.05) is 5.43 Å². The molecule has 1 fully saturated rings. The van der Waals surface area contributed by atoms with E-state index in [9.17, 15) is 28.1 Å². The van der Waals surface area contributed by atoms with Gasteiger partial charge >= 0.3 is 11.9 Å². The van der Waals surface area contributed by atoms with Gasteiger partial charge in [0.1, 0.15) is 16.8 Å². The first-order valence-electron chi connectivity index (χ1n) is 5.85. The molecule has 0 bridgehead atoms. The highest BCUT2D eigenvalue weighted by Crippen LogP contribution is 2.49. The fraction of sp³-hybridized carbons (Fsp3) is 0.364. The smallest absolute Gasteiger partial charge is 0.338 e. The number of hydrogen-bond donors (Lipinski definition) is 3. The van der Waals surface area contributed by atoms with Crippen LogP contribution in [0.3, 0.4) is 0 Å². The number of alkyl halides is 3. The van der Waals surface area contributed by atoms with Crippen LogP contribution in [0.25, 0.3) is 0 Å². The van der Waals surface area contributed by atoms with Crippen LogP contribution in [0.2, 0.25) is 0 Å². The van der Waals surface area contributed by atoms with Crippen LogP contribution in [-0.4, -0.2) is 22.5 Å². The number of nitrogen functional groups attached to an aromatic ring is 1. The lowest BCUT2D eigenvalue weighted by atomic mass is 10.1. The molecule has 0 atom stereocenters. The summed E-state index contributed by atoms with van der Waals surface area (Å²) in [7, 11) is 0. The van der Waals surface area contributed by atoms with Gasteiger partial charge in [0.15, 0.2) is 0 Å². The summed E-state index contributed by atoms with van der Waals surface area (Å²) >= 11 is 0. The van der Waals surface area contributed by atoms with E-state index < -0.39 is 33.8 Å². The number of para-hydroxylation sites is 1. The average Bonchev–Trinajstić information content (AvgIpc) is 3.17. The molecule has 114 valence electrons. The number of nitro groups is 1. The standard InChI is InChI=1S/C11H11F3N4O3/c12-11(13,14)10(4-5-10)16-9(19)6-2-1-3-7(17-15)8(6)18(20)21/h1-3,17H,4-5,15H2,(H,16,19). The largest absolute Gasteiger partial charge is 0.411 e. The van der Waals surface area contributed by atoms with E-state index in [-0.39, 0.29) is 18.5 Å². The molecule has 7 nitrogen and oxygen atoms in total. The van der Waals surface area contributed by atoms with Gasteiger partial charge in [-0.05, 0) is 25.0 Å². The number of benzene rings is 1. The molecule has 0 radical (unpaired) electrons. The molecule has 0 unspecified atom stereocenters. The summed E-state index contributed by atoms with van der Waals surface area (Å²) in [6.45, 7) is 0. The lowest BCUT2D eigenvalue weighted by Gasteiger charge is -2.20. The summed E-state index contributed by atoms with van der Waals surface area (Å²) in [4.78, 5) is 22.1. The van der Waals surface area contributed by atoms with E-state index in [4.69, 9.17) is 5.84 Å². The monoisotopic (exact) mass is 304 g/mol. The summed E-state index contributed by atoms with van der Waals surface area (Å²) in [6.07, 6.45) is -5.09. The van der Waals surface area contributed by atoms with Gasteiger partial charge in [0.25, 0.3) is 5.91 Å². The topological polar surface area (TPSA) is 110 Å². The van der Waals surface area contributed by atoms with Crippen LogP contribution in [0, 0.1) is 10.1 Å². The average molecular weight is 304 g/mol. The molecular formula is C11H11F3N4O3. The van der Waals surface area contributed by atoms with E-state index in [0.29, 0.717) is 0 Å². The predicted molar refractivity (Wildman–Crippen MR) is 66.4 cm³/mol. The Labute approximate surface area is 116 Å². The van der Waals surface area contributed by atoms with E-state index in [1.54, 1.807) is 0 Å². The maximum atomic E-state index is 12.8. The van der Waals surface area contributed by atoms with Crippen molar-refractivity contribution in [3.63, 3.8) is 0 Å². The minimum atomic E-state index is -4.60. The van der Waals surface area contributed by atoms with Gasteiger partial charge in [0.05, 0.1) is 4.92 Å². The highest BCUT2D eigenvalue weighted by Gasteiger charge is 2.64. The molecule has 0 spiro atoms. The zero-order valence-electron chi connectivity index (χ0n) is 10.5. The number of carbonyl (C=O) groups is 1. The van der Waals surface area contributed by atoms with Gasteiger partial charge in [-0.3, -0.25) is 20.8 Å². The van der Waals surface area contributed by atoms with E-state index in [1.165, 1.54) is 12.1 Å². The molecule has 1 aromatic carbocycles. The summed E-state index contributed by atoms with van der Waals surface area (Å²) < 4.78 is 38.4. The molecule has 1 aliphatic carbocycles. The molecule has 4 N–H and O–H groups in total. The molecule has 0 aromatic heterocycles. The Balaban J connectivity index is 2.35. The number of nitro benzene ring substituents is 1. The molecule has 0 aliphatic heterocycles. The van der Waals surface area contributed by atoms with Crippen molar-refractivity contribution in [1.29, 1.82) is 0 Å². The fourth-order valence-corrected chi connectivity index (χ4v) is 1.93. The second-order valence-electron chi connectivity index (χ2n) is 4.64. The number of carbonyl (C=O) groups excluding carboxylic acids is 1. The number of amides is 1. The van der Waals surface area contributed by atoms with Crippen LogP contribution in [0.15, 0.2) is 18.2 Å². The summed E-state index contributed by atoms with van der Waals surface area (Å²) in [5.74, 6) is 3.94. The Morgan fingerprint density at radius 1 is 1.38 bits per heavy atom. The number of anilines is 1. The molecule has 0 heterocycles. The zero-order valence-corrected chi connectivity index (χ0v) is 10.5. The molecule has 1 aliphatic rings. The Kier molecular flexibility index (Phi) is 3.49. The third-order valence-electron chi connectivity index (χ3n) is 3.26. The highest BCUT2D eigenvalue weighted by molar-refractivity contribution is 6.01. The molecule has 1 amide bonds. The third-order valence-corrected chi connectivity index (χ3v) is 3.26. The lowest BCUT2D eigenvalue weighted by molar-refractivity contribution is -0.384. The lowest BCUT2D eigenvalue weighted by Crippen LogP contribution is -2.48. The van der Waals surface area contributed by atoms with Gasteiger partial charge < -0.3 is 10.7 Å². The number of hydrogen-bond acceptors (Lipinski definition) is 5. The molecule has 10 heteroatoms. The predicted octanol–water partition coefficient (Wildman–Crippen LogP) is 1.71. The van der Waals surface area contributed by atoms with Crippen molar-refractivity contribution in [3.05, 3.63) is 33.9 Å².